The average Bonchev–Trinajstić information content (AvgIpc) is 2.96. The third-order valence-corrected chi connectivity index (χ3v) is 4.33. The maximum Gasteiger partial charge on any atom is 0.240 e. The molecule has 2 N–H and O–H groups in total. The first kappa shape index (κ1) is 17.1. The smallest absolute Gasteiger partial charge is 0.240 e. The number of nitrogens with one attached hydrogen (secondary N) is 2. The Labute approximate surface area is 151 Å². The van der Waals surface area contributed by atoms with Crippen LogP contribution in [-0.4, -0.2) is 20.7 Å². The van der Waals surface area contributed by atoms with Gasteiger partial charge in [-0.3, -0.25) is 14.5 Å². The Balaban J connectivity index is 1.78. The fourth-order valence-electron chi connectivity index (χ4n) is 2.72. The molecule has 5 nitrogen and oxygen atoms in total. The first-order valence-electron chi connectivity index (χ1n) is 8.11. The van der Waals surface area contributed by atoms with Crippen LogP contribution in [0.3, 0.4) is 0 Å². The molecule has 1 aromatic heterocycles. The molecule has 0 spiro atoms. The maximum absolute atomic E-state index is 12.5. The second kappa shape index (κ2) is 7.44. The molecule has 0 saturated heterocycles. The highest BCUT2D eigenvalue weighted by Crippen LogP contribution is 2.18. The molecule has 6 heteroatoms. The summed E-state index contributed by atoms with van der Waals surface area (Å²) in [5.74, 6) is 0.555. The topological polar surface area (TPSA) is 62.7 Å². The molecule has 0 aliphatic rings. The van der Waals surface area contributed by atoms with Gasteiger partial charge in [0.25, 0.3) is 0 Å². The normalized spacial score (nSPS) is 11.9. The van der Waals surface area contributed by atoms with Crippen LogP contribution in [0.2, 0.25) is 0 Å². The maximum atomic E-state index is 12.5. The van der Waals surface area contributed by atoms with Gasteiger partial charge in [0, 0.05) is 5.56 Å². The van der Waals surface area contributed by atoms with E-state index in [2.05, 4.69) is 15.5 Å². The summed E-state index contributed by atoms with van der Waals surface area (Å²) in [4.78, 5) is 12.5. The quantitative estimate of drug-likeness (QED) is 0.687. The molecular formula is C19H20N4OS. The third-order valence-electron chi connectivity index (χ3n) is 4.01. The van der Waals surface area contributed by atoms with Gasteiger partial charge >= 0.3 is 0 Å². The number of carbonyl (C=O) groups excluding carboxylic acids is 1. The molecule has 0 radical (unpaired) electrons. The molecule has 0 aliphatic heterocycles. The molecular weight excluding hydrogens is 332 g/mol. The number of carbonyl (C=O) groups is 1. The first-order chi connectivity index (χ1) is 12.0. The lowest BCUT2D eigenvalue weighted by Crippen LogP contribution is -2.30. The van der Waals surface area contributed by atoms with Gasteiger partial charge in [-0.15, -0.1) is 0 Å². The van der Waals surface area contributed by atoms with Crippen molar-refractivity contribution >= 4 is 18.1 Å². The van der Waals surface area contributed by atoms with Crippen molar-refractivity contribution in [1.29, 1.82) is 0 Å². The Bertz CT molecular complexity index is 930. The van der Waals surface area contributed by atoms with E-state index in [0.29, 0.717) is 10.6 Å². The van der Waals surface area contributed by atoms with Crippen LogP contribution < -0.4 is 5.32 Å². The fraction of sp³-hybridized carbons (Fsp3) is 0.211. The zero-order valence-corrected chi connectivity index (χ0v) is 15.0. The van der Waals surface area contributed by atoms with E-state index in [1.165, 1.54) is 0 Å². The Morgan fingerprint density at radius 2 is 2.00 bits per heavy atom. The SMILES string of the molecule is Cc1cccc(-c2n[nH]c(=S)n2CC(=O)NC(C)c2ccccc2)c1. The van der Waals surface area contributed by atoms with Gasteiger partial charge in [-0.05, 0) is 37.7 Å². The molecule has 25 heavy (non-hydrogen) atoms. The molecule has 1 heterocycles. The van der Waals surface area contributed by atoms with Crippen LogP contribution in [-0.2, 0) is 11.3 Å². The number of H-pyrrole nitrogens is 1. The van der Waals surface area contributed by atoms with Gasteiger partial charge in [0.1, 0.15) is 6.54 Å². The molecule has 2 aromatic carbocycles. The van der Waals surface area contributed by atoms with E-state index >= 15 is 0 Å². The van der Waals surface area contributed by atoms with Crippen molar-refractivity contribution in [2.45, 2.75) is 26.4 Å². The van der Waals surface area contributed by atoms with Crippen molar-refractivity contribution in [2.75, 3.05) is 0 Å². The summed E-state index contributed by atoms with van der Waals surface area (Å²) in [6, 6.07) is 17.7. The number of aryl methyl sites for hydroxylation is 1. The number of nitrogens with zero attached hydrogens (tertiary/aromatic N) is 2. The molecule has 0 aliphatic carbocycles. The minimum atomic E-state index is -0.109. The van der Waals surface area contributed by atoms with Crippen molar-refractivity contribution in [3.8, 4) is 11.4 Å². The lowest BCUT2D eigenvalue weighted by atomic mass is 10.1. The predicted molar refractivity (Wildman–Crippen MR) is 101 cm³/mol. The van der Waals surface area contributed by atoms with Gasteiger partial charge < -0.3 is 5.32 Å². The zero-order valence-electron chi connectivity index (χ0n) is 14.2. The average molecular weight is 352 g/mol. The summed E-state index contributed by atoms with van der Waals surface area (Å²) in [7, 11) is 0. The van der Waals surface area contributed by atoms with Crippen molar-refractivity contribution in [3.63, 3.8) is 0 Å². The van der Waals surface area contributed by atoms with Crippen LogP contribution >= 0.6 is 12.2 Å². The van der Waals surface area contributed by atoms with E-state index < -0.39 is 0 Å². The molecule has 0 saturated carbocycles. The number of aromatic nitrogens is 3. The van der Waals surface area contributed by atoms with Crippen LogP contribution in [0.1, 0.15) is 24.1 Å². The predicted octanol–water partition coefficient (Wildman–Crippen LogP) is 3.79. The number of benzene rings is 2. The second-order valence-electron chi connectivity index (χ2n) is 6.01. The minimum absolute atomic E-state index is 0.0720. The van der Waals surface area contributed by atoms with E-state index in [-0.39, 0.29) is 18.5 Å². The van der Waals surface area contributed by atoms with Crippen LogP contribution in [0, 0.1) is 11.7 Å². The van der Waals surface area contributed by atoms with Gasteiger partial charge in [-0.1, -0.05) is 54.1 Å². The highest BCUT2D eigenvalue weighted by Gasteiger charge is 2.14. The molecule has 3 aromatic rings. The van der Waals surface area contributed by atoms with Crippen molar-refractivity contribution < 1.29 is 4.79 Å². The molecule has 1 unspecified atom stereocenters. The van der Waals surface area contributed by atoms with E-state index in [0.717, 1.165) is 16.7 Å². The number of hydrogen-bond acceptors (Lipinski definition) is 3. The highest BCUT2D eigenvalue weighted by molar-refractivity contribution is 7.71. The molecule has 0 bridgehead atoms. The Morgan fingerprint density at radius 1 is 1.24 bits per heavy atom. The molecule has 1 amide bonds. The summed E-state index contributed by atoms with van der Waals surface area (Å²) in [6.45, 7) is 4.10. The van der Waals surface area contributed by atoms with Gasteiger partial charge in [0.2, 0.25) is 5.91 Å². The van der Waals surface area contributed by atoms with Crippen molar-refractivity contribution in [3.05, 3.63) is 70.5 Å². The third kappa shape index (κ3) is 4.03. The van der Waals surface area contributed by atoms with Gasteiger partial charge in [0.15, 0.2) is 10.6 Å². The van der Waals surface area contributed by atoms with Crippen LogP contribution in [0.4, 0.5) is 0 Å². The van der Waals surface area contributed by atoms with Gasteiger partial charge in [-0.25, -0.2) is 0 Å². The molecule has 1 atom stereocenters. The monoisotopic (exact) mass is 352 g/mol. The Hall–Kier alpha value is -2.73. The molecule has 0 fully saturated rings. The van der Waals surface area contributed by atoms with Crippen LogP contribution in [0.5, 0.6) is 0 Å². The zero-order chi connectivity index (χ0) is 17.8. The highest BCUT2D eigenvalue weighted by atomic mass is 32.1. The van der Waals surface area contributed by atoms with E-state index in [1.54, 1.807) is 4.57 Å². The Kier molecular flexibility index (Phi) is 5.09. The second-order valence-corrected chi connectivity index (χ2v) is 6.39. The minimum Gasteiger partial charge on any atom is -0.348 e. The number of amides is 1. The summed E-state index contributed by atoms with van der Waals surface area (Å²) < 4.78 is 2.15. The molecule has 128 valence electrons. The number of hydrogen-bond donors (Lipinski definition) is 2. The van der Waals surface area contributed by atoms with Crippen LogP contribution in [0.15, 0.2) is 54.6 Å². The summed E-state index contributed by atoms with van der Waals surface area (Å²) in [5, 5.41) is 10.1. The lowest BCUT2D eigenvalue weighted by Gasteiger charge is -2.15. The molecule has 3 rings (SSSR count). The van der Waals surface area contributed by atoms with Gasteiger partial charge in [-0.2, -0.15) is 5.10 Å². The van der Waals surface area contributed by atoms with E-state index in [1.807, 2.05) is 68.4 Å². The largest absolute Gasteiger partial charge is 0.348 e. The summed E-state index contributed by atoms with van der Waals surface area (Å²) >= 11 is 5.30. The lowest BCUT2D eigenvalue weighted by molar-refractivity contribution is -0.122. The first-order valence-corrected chi connectivity index (χ1v) is 8.52. The summed E-state index contributed by atoms with van der Waals surface area (Å²) in [5.41, 5.74) is 3.11. The van der Waals surface area contributed by atoms with Crippen molar-refractivity contribution in [2.24, 2.45) is 0 Å². The van der Waals surface area contributed by atoms with Crippen molar-refractivity contribution in [1.82, 2.24) is 20.1 Å². The fourth-order valence-corrected chi connectivity index (χ4v) is 2.92. The summed E-state index contributed by atoms with van der Waals surface area (Å²) in [6.07, 6.45) is 0. The number of aromatic amines is 1. The van der Waals surface area contributed by atoms with Gasteiger partial charge in [0.05, 0.1) is 6.04 Å². The standard InChI is InChI=1S/C19H20N4OS/c1-13-7-6-10-16(11-13)18-21-22-19(25)23(18)12-17(24)20-14(2)15-8-4-3-5-9-15/h3-11,14H,12H2,1-2H3,(H,20,24)(H,22,25). The van der Waals surface area contributed by atoms with Crippen LogP contribution in [0.25, 0.3) is 11.4 Å². The van der Waals surface area contributed by atoms with E-state index in [9.17, 15) is 4.79 Å². The number of rotatable bonds is 5. The van der Waals surface area contributed by atoms with E-state index in [4.69, 9.17) is 12.2 Å². The Morgan fingerprint density at radius 3 is 2.72 bits per heavy atom.